The lowest BCUT2D eigenvalue weighted by Gasteiger charge is -2.13. The maximum atomic E-state index is 5.60. The van der Waals surface area contributed by atoms with Gasteiger partial charge in [-0.3, -0.25) is 0 Å². The molecule has 2 aromatic rings. The Bertz CT molecular complexity index is 650. The smallest absolute Gasteiger partial charge is 0.134 e. The first-order valence-corrected chi connectivity index (χ1v) is 7.52. The average Bonchev–Trinajstić information content (AvgIpc) is 3.33. The lowest BCUT2D eigenvalue weighted by Crippen LogP contribution is -2.04. The number of hydrogen-bond donors (Lipinski definition) is 1. The first kappa shape index (κ1) is 13.9. The SMILES string of the molecule is CCOc1cccc(-c2nc(C3CC3)nc(NC)c2C)c1. The number of benzene rings is 1. The summed E-state index contributed by atoms with van der Waals surface area (Å²) in [7, 11) is 1.91. The van der Waals surface area contributed by atoms with Gasteiger partial charge in [-0.15, -0.1) is 0 Å². The number of anilines is 1. The summed E-state index contributed by atoms with van der Waals surface area (Å²) in [5, 5.41) is 3.19. The Morgan fingerprint density at radius 3 is 2.76 bits per heavy atom. The second-order valence-corrected chi connectivity index (χ2v) is 5.39. The molecule has 4 heteroatoms. The van der Waals surface area contributed by atoms with Crippen molar-refractivity contribution in [3.63, 3.8) is 0 Å². The van der Waals surface area contributed by atoms with E-state index in [0.29, 0.717) is 12.5 Å². The van der Waals surface area contributed by atoms with Gasteiger partial charge in [0, 0.05) is 24.1 Å². The van der Waals surface area contributed by atoms with Crippen molar-refractivity contribution < 1.29 is 4.74 Å². The summed E-state index contributed by atoms with van der Waals surface area (Å²) in [5.41, 5.74) is 3.16. The monoisotopic (exact) mass is 283 g/mol. The van der Waals surface area contributed by atoms with Gasteiger partial charge in [-0.1, -0.05) is 12.1 Å². The molecular weight excluding hydrogens is 262 g/mol. The van der Waals surface area contributed by atoms with Crippen molar-refractivity contribution in [1.29, 1.82) is 0 Å². The number of aromatic nitrogens is 2. The Labute approximate surface area is 125 Å². The van der Waals surface area contributed by atoms with Gasteiger partial charge in [-0.25, -0.2) is 9.97 Å². The van der Waals surface area contributed by atoms with Gasteiger partial charge in [0.1, 0.15) is 17.4 Å². The van der Waals surface area contributed by atoms with Crippen LogP contribution >= 0.6 is 0 Å². The highest BCUT2D eigenvalue weighted by atomic mass is 16.5. The van der Waals surface area contributed by atoms with E-state index in [1.807, 2.05) is 26.1 Å². The van der Waals surface area contributed by atoms with E-state index in [9.17, 15) is 0 Å². The predicted molar refractivity (Wildman–Crippen MR) is 84.9 cm³/mol. The highest BCUT2D eigenvalue weighted by Gasteiger charge is 2.28. The van der Waals surface area contributed by atoms with Crippen LogP contribution in [-0.2, 0) is 0 Å². The molecule has 1 saturated carbocycles. The van der Waals surface area contributed by atoms with Crippen LogP contribution in [-0.4, -0.2) is 23.6 Å². The number of ether oxygens (including phenoxy) is 1. The molecule has 0 bridgehead atoms. The van der Waals surface area contributed by atoms with E-state index in [4.69, 9.17) is 9.72 Å². The van der Waals surface area contributed by atoms with E-state index in [0.717, 1.165) is 34.2 Å². The largest absolute Gasteiger partial charge is 0.494 e. The van der Waals surface area contributed by atoms with Gasteiger partial charge in [0.2, 0.25) is 0 Å². The van der Waals surface area contributed by atoms with Crippen LogP contribution in [0.25, 0.3) is 11.3 Å². The molecule has 1 aromatic carbocycles. The summed E-state index contributed by atoms with van der Waals surface area (Å²) >= 11 is 0. The molecule has 3 rings (SSSR count). The zero-order chi connectivity index (χ0) is 14.8. The molecule has 0 aliphatic heterocycles. The number of nitrogens with zero attached hydrogens (tertiary/aromatic N) is 2. The molecule has 4 nitrogen and oxygen atoms in total. The van der Waals surface area contributed by atoms with Gasteiger partial charge >= 0.3 is 0 Å². The van der Waals surface area contributed by atoms with Crippen LogP contribution in [0.2, 0.25) is 0 Å². The van der Waals surface area contributed by atoms with Crippen molar-refractivity contribution in [3.05, 3.63) is 35.7 Å². The zero-order valence-electron chi connectivity index (χ0n) is 12.8. The fourth-order valence-electron chi connectivity index (χ4n) is 2.48. The van der Waals surface area contributed by atoms with E-state index in [2.05, 4.69) is 29.4 Å². The fraction of sp³-hybridized carbons (Fsp3) is 0.412. The number of rotatable bonds is 5. The Kier molecular flexibility index (Phi) is 3.78. The first-order valence-electron chi connectivity index (χ1n) is 7.52. The van der Waals surface area contributed by atoms with E-state index in [1.54, 1.807) is 0 Å². The van der Waals surface area contributed by atoms with Gasteiger partial charge < -0.3 is 10.1 Å². The molecule has 1 heterocycles. The molecule has 0 atom stereocenters. The third-order valence-electron chi connectivity index (χ3n) is 3.76. The molecule has 0 saturated heterocycles. The van der Waals surface area contributed by atoms with Crippen molar-refractivity contribution in [2.24, 2.45) is 0 Å². The van der Waals surface area contributed by atoms with Gasteiger partial charge in [0.15, 0.2) is 0 Å². The summed E-state index contributed by atoms with van der Waals surface area (Å²) in [6.07, 6.45) is 2.40. The minimum Gasteiger partial charge on any atom is -0.494 e. The fourth-order valence-corrected chi connectivity index (χ4v) is 2.48. The van der Waals surface area contributed by atoms with Crippen LogP contribution in [0.5, 0.6) is 5.75 Å². The second-order valence-electron chi connectivity index (χ2n) is 5.39. The molecule has 1 aliphatic rings. The van der Waals surface area contributed by atoms with Crippen LogP contribution in [0.3, 0.4) is 0 Å². The van der Waals surface area contributed by atoms with Crippen molar-refractivity contribution in [2.45, 2.75) is 32.6 Å². The standard InChI is InChI=1S/C17H21N3O/c1-4-21-14-7-5-6-13(10-14)15-11(2)16(18-3)20-17(19-15)12-8-9-12/h5-7,10,12H,4,8-9H2,1-3H3,(H,18,19,20). The molecule has 21 heavy (non-hydrogen) atoms. The maximum Gasteiger partial charge on any atom is 0.134 e. The number of nitrogens with one attached hydrogen (secondary N) is 1. The second kappa shape index (κ2) is 5.72. The van der Waals surface area contributed by atoms with Crippen LogP contribution < -0.4 is 10.1 Å². The predicted octanol–water partition coefficient (Wildman–Crippen LogP) is 3.77. The van der Waals surface area contributed by atoms with E-state index >= 15 is 0 Å². The van der Waals surface area contributed by atoms with Crippen LogP contribution in [0.4, 0.5) is 5.82 Å². The van der Waals surface area contributed by atoms with Gasteiger partial charge in [0.05, 0.1) is 12.3 Å². The molecule has 0 spiro atoms. The molecule has 0 unspecified atom stereocenters. The highest BCUT2D eigenvalue weighted by Crippen LogP contribution is 2.40. The minimum atomic E-state index is 0.534. The van der Waals surface area contributed by atoms with E-state index < -0.39 is 0 Å². The Balaban J connectivity index is 2.07. The van der Waals surface area contributed by atoms with Crippen LogP contribution in [0.15, 0.2) is 24.3 Å². The average molecular weight is 283 g/mol. The summed E-state index contributed by atoms with van der Waals surface area (Å²) < 4.78 is 5.60. The third-order valence-corrected chi connectivity index (χ3v) is 3.76. The van der Waals surface area contributed by atoms with Crippen LogP contribution in [0, 0.1) is 6.92 Å². The Hall–Kier alpha value is -2.10. The van der Waals surface area contributed by atoms with E-state index in [1.165, 1.54) is 12.8 Å². The van der Waals surface area contributed by atoms with Gasteiger partial charge in [0.25, 0.3) is 0 Å². The molecule has 1 aliphatic carbocycles. The topological polar surface area (TPSA) is 47.0 Å². The molecule has 110 valence electrons. The first-order chi connectivity index (χ1) is 10.2. The van der Waals surface area contributed by atoms with Crippen molar-refractivity contribution >= 4 is 5.82 Å². The maximum absolute atomic E-state index is 5.60. The Morgan fingerprint density at radius 1 is 1.29 bits per heavy atom. The van der Waals surface area contributed by atoms with Crippen molar-refractivity contribution in [2.75, 3.05) is 19.0 Å². The molecule has 1 N–H and O–H groups in total. The van der Waals surface area contributed by atoms with Crippen LogP contribution in [0.1, 0.15) is 37.1 Å². The minimum absolute atomic E-state index is 0.534. The lowest BCUT2D eigenvalue weighted by molar-refractivity contribution is 0.340. The molecule has 0 radical (unpaired) electrons. The molecule has 1 aromatic heterocycles. The van der Waals surface area contributed by atoms with E-state index in [-0.39, 0.29) is 0 Å². The van der Waals surface area contributed by atoms with Crippen molar-refractivity contribution in [1.82, 2.24) is 9.97 Å². The third kappa shape index (κ3) is 2.84. The van der Waals surface area contributed by atoms with Gasteiger partial charge in [-0.05, 0) is 38.8 Å². The quantitative estimate of drug-likeness (QED) is 0.907. The Morgan fingerprint density at radius 2 is 2.10 bits per heavy atom. The summed E-state index contributed by atoms with van der Waals surface area (Å²) in [6, 6.07) is 8.12. The normalized spacial score (nSPS) is 14.0. The molecular formula is C17H21N3O. The van der Waals surface area contributed by atoms with Crippen molar-refractivity contribution in [3.8, 4) is 17.0 Å². The summed E-state index contributed by atoms with van der Waals surface area (Å²) in [6.45, 7) is 4.72. The summed E-state index contributed by atoms with van der Waals surface area (Å²) in [5.74, 6) is 3.30. The zero-order valence-corrected chi connectivity index (χ0v) is 12.8. The number of hydrogen-bond acceptors (Lipinski definition) is 4. The van der Waals surface area contributed by atoms with Gasteiger partial charge in [-0.2, -0.15) is 0 Å². The summed E-state index contributed by atoms with van der Waals surface area (Å²) in [4.78, 5) is 9.45. The molecule has 0 amide bonds. The highest BCUT2D eigenvalue weighted by molar-refractivity contribution is 5.69. The lowest BCUT2D eigenvalue weighted by atomic mass is 10.1. The molecule has 1 fully saturated rings.